The van der Waals surface area contributed by atoms with Crippen LogP contribution in [0.4, 0.5) is 0 Å². The molecule has 1 aliphatic rings. The van der Waals surface area contributed by atoms with Gasteiger partial charge in [0.1, 0.15) is 0 Å². The number of carbonyl (C=O) groups excluding carboxylic acids is 1. The summed E-state index contributed by atoms with van der Waals surface area (Å²) >= 11 is 0. The number of piperidine rings is 1. The number of amidine groups is 1. The van der Waals surface area contributed by atoms with Gasteiger partial charge in [-0.1, -0.05) is 17.3 Å². The highest BCUT2D eigenvalue weighted by atomic mass is 16.4. The van der Waals surface area contributed by atoms with Gasteiger partial charge in [0.2, 0.25) is 0 Å². The van der Waals surface area contributed by atoms with E-state index in [4.69, 9.17) is 10.9 Å². The van der Waals surface area contributed by atoms with E-state index in [2.05, 4.69) is 5.16 Å². The molecular weight excluding hydrogens is 258 g/mol. The molecule has 0 spiro atoms. The molecular formula is C14H19N3O3. The van der Waals surface area contributed by atoms with Crippen molar-refractivity contribution in [3.63, 3.8) is 0 Å². The summed E-state index contributed by atoms with van der Waals surface area (Å²) in [6, 6.07) is 6.63. The molecule has 1 unspecified atom stereocenters. The van der Waals surface area contributed by atoms with E-state index < -0.39 is 0 Å². The Balaban J connectivity index is 2.09. The summed E-state index contributed by atoms with van der Waals surface area (Å²) in [7, 11) is 0. The van der Waals surface area contributed by atoms with E-state index in [1.807, 2.05) is 0 Å². The lowest BCUT2D eigenvalue weighted by atomic mass is 9.98. The number of aliphatic hydroxyl groups is 1. The molecule has 4 N–H and O–H groups in total. The number of likely N-dealkylation sites (tertiary alicyclic amines) is 1. The number of nitrogens with two attached hydrogens (primary N) is 1. The number of hydrogen-bond acceptors (Lipinski definition) is 4. The van der Waals surface area contributed by atoms with Crippen molar-refractivity contribution in [2.45, 2.75) is 12.8 Å². The lowest BCUT2D eigenvalue weighted by Gasteiger charge is -2.31. The molecule has 1 aliphatic heterocycles. The van der Waals surface area contributed by atoms with Crippen LogP contribution in [0, 0.1) is 5.92 Å². The maximum Gasteiger partial charge on any atom is 0.253 e. The summed E-state index contributed by atoms with van der Waals surface area (Å²) in [4.78, 5) is 14.1. The van der Waals surface area contributed by atoms with Gasteiger partial charge in [0, 0.05) is 30.8 Å². The van der Waals surface area contributed by atoms with Crippen molar-refractivity contribution < 1.29 is 15.1 Å². The van der Waals surface area contributed by atoms with E-state index in [1.54, 1.807) is 29.2 Å². The van der Waals surface area contributed by atoms with Gasteiger partial charge in [-0.25, -0.2) is 0 Å². The van der Waals surface area contributed by atoms with Crippen molar-refractivity contribution in [3.05, 3.63) is 35.4 Å². The van der Waals surface area contributed by atoms with Gasteiger partial charge in [0.25, 0.3) is 5.91 Å². The molecule has 0 radical (unpaired) electrons. The van der Waals surface area contributed by atoms with Crippen LogP contribution in [0.1, 0.15) is 28.8 Å². The Labute approximate surface area is 117 Å². The molecule has 1 amide bonds. The molecule has 6 heteroatoms. The van der Waals surface area contributed by atoms with Gasteiger partial charge >= 0.3 is 0 Å². The smallest absolute Gasteiger partial charge is 0.253 e. The molecule has 1 fully saturated rings. The molecule has 1 atom stereocenters. The monoisotopic (exact) mass is 277 g/mol. The maximum atomic E-state index is 12.3. The number of hydrogen-bond donors (Lipinski definition) is 3. The van der Waals surface area contributed by atoms with E-state index in [-0.39, 0.29) is 24.3 Å². The average Bonchev–Trinajstić information content (AvgIpc) is 2.53. The van der Waals surface area contributed by atoms with Gasteiger partial charge in [0.05, 0.1) is 0 Å². The van der Waals surface area contributed by atoms with Crippen LogP contribution in [0.2, 0.25) is 0 Å². The predicted octanol–water partition coefficient (Wildman–Crippen LogP) is 0.626. The Bertz CT molecular complexity index is 499. The first-order chi connectivity index (χ1) is 9.65. The number of nitrogens with zero attached hydrogens (tertiary/aromatic N) is 2. The van der Waals surface area contributed by atoms with E-state index in [0.717, 1.165) is 19.4 Å². The fourth-order valence-electron chi connectivity index (χ4n) is 2.42. The molecule has 6 nitrogen and oxygen atoms in total. The fraction of sp³-hybridized carbons (Fsp3) is 0.429. The normalized spacial score (nSPS) is 19.9. The van der Waals surface area contributed by atoms with Crippen molar-refractivity contribution in [2.75, 3.05) is 19.7 Å². The summed E-state index contributed by atoms with van der Waals surface area (Å²) in [6.07, 6.45) is 1.88. The topological polar surface area (TPSA) is 99.2 Å². The van der Waals surface area contributed by atoms with Crippen LogP contribution in [0.15, 0.2) is 29.4 Å². The van der Waals surface area contributed by atoms with Crippen LogP contribution in [-0.2, 0) is 0 Å². The summed E-state index contributed by atoms with van der Waals surface area (Å²) in [5.74, 6) is 0.140. The van der Waals surface area contributed by atoms with Crippen LogP contribution in [-0.4, -0.2) is 46.7 Å². The minimum atomic E-state index is -0.0470. The van der Waals surface area contributed by atoms with E-state index in [1.165, 1.54) is 0 Å². The Kier molecular flexibility index (Phi) is 4.57. The summed E-state index contributed by atoms with van der Waals surface area (Å²) in [5, 5.41) is 20.7. The van der Waals surface area contributed by atoms with Gasteiger partial charge in [-0.3, -0.25) is 4.79 Å². The quantitative estimate of drug-likeness (QED) is 0.326. The number of amides is 1. The van der Waals surface area contributed by atoms with E-state index in [9.17, 15) is 9.90 Å². The van der Waals surface area contributed by atoms with E-state index in [0.29, 0.717) is 17.7 Å². The van der Waals surface area contributed by atoms with Gasteiger partial charge < -0.3 is 20.9 Å². The minimum absolute atomic E-state index is 0.0160. The lowest BCUT2D eigenvalue weighted by molar-refractivity contribution is 0.0620. The highest BCUT2D eigenvalue weighted by Gasteiger charge is 2.23. The van der Waals surface area contributed by atoms with Crippen molar-refractivity contribution in [3.8, 4) is 0 Å². The molecule has 1 heterocycles. The molecule has 0 saturated carbocycles. The second-order valence-corrected chi connectivity index (χ2v) is 5.00. The molecule has 1 saturated heterocycles. The van der Waals surface area contributed by atoms with Gasteiger partial charge in [-0.2, -0.15) is 0 Å². The molecule has 0 bridgehead atoms. The Hall–Kier alpha value is -2.08. The fourth-order valence-corrected chi connectivity index (χ4v) is 2.42. The first-order valence-corrected chi connectivity index (χ1v) is 6.63. The third-order valence-corrected chi connectivity index (χ3v) is 3.60. The molecule has 0 aliphatic carbocycles. The zero-order valence-corrected chi connectivity index (χ0v) is 11.2. The van der Waals surface area contributed by atoms with Crippen LogP contribution in [0.25, 0.3) is 0 Å². The second kappa shape index (κ2) is 6.38. The zero-order chi connectivity index (χ0) is 14.5. The van der Waals surface area contributed by atoms with Gasteiger partial charge in [-0.05, 0) is 30.9 Å². The highest BCUT2D eigenvalue weighted by Crippen LogP contribution is 2.18. The van der Waals surface area contributed by atoms with Crippen molar-refractivity contribution in [2.24, 2.45) is 16.8 Å². The lowest BCUT2D eigenvalue weighted by Crippen LogP contribution is -2.40. The zero-order valence-electron chi connectivity index (χ0n) is 11.2. The molecule has 0 aromatic heterocycles. The van der Waals surface area contributed by atoms with Crippen LogP contribution in [0.3, 0.4) is 0 Å². The first kappa shape index (κ1) is 14.3. The Morgan fingerprint density at radius 1 is 1.35 bits per heavy atom. The number of rotatable bonds is 3. The van der Waals surface area contributed by atoms with Gasteiger partial charge in [-0.15, -0.1) is 0 Å². The number of carbonyl (C=O) groups is 1. The Morgan fingerprint density at radius 3 is 2.60 bits per heavy atom. The summed E-state index contributed by atoms with van der Waals surface area (Å²) in [6.45, 7) is 1.43. The van der Waals surface area contributed by atoms with Crippen LogP contribution < -0.4 is 5.73 Å². The summed E-state index contributed by atoms with van der Waals surface area (Å²) in [5.41, 5.74) is 6.61. The SMILES string of the molecule is N/C(=N\O)c1ccc(C(=O)N2CCCC(CO)C2)cc1. The minimum Gasteiger partial charge on any atom is -0.409 e. The van der Waals surface area contributed by atoms with Crippen LogP contribution in [0.5, 0.6) is 0 Å². The standard InChI is InChI=1S/C14H19N3O3/c15-13(16-20)11-3-5-12(6-4-11)14(19)17-7-1-2-10(8-17)9-18/h3-6,10,18,20H,1-2,7-9H2,(H2,15,16). The number of aliphatic hydroxyl groups excluding tert-OH is 1. The van der Waals surface area contributed by atoms with Crippen molar-refractivity contribution >= 4 is 11.7 Å². The number of benzene rings is 1. The Morgan fingerprint density at radius 2 is 2.00 bits per heavy atom. The third kappa shape index (κ3) is 3.08. The number of oxime groups is 1. The van der Waals surface area contributed by atoms with E-state index >= 15 is 0 Å². The molecule has 108 valence electrons. The molecule has 1 aromatic carbocycles. The summed E-state index contributed by atoms with van der Waals surface area (Å²) < 4.78 is 0. The van der Waals surface area contributed by atoms with Gasteiger partial charge in [0.15, 0.2) is 5.84 Å². The molecule has 2 rings (SSSR count). The first-order valence-electron chi connectivity index (χ1n) is 6.63. The third-order valence-electron chi connectivity index (χ3n) is 3.60. The highest BCUT2D eigenvalue weighted by molar-refractivity contribution is 5.99. The average molecular weight is 277 g/mol. The second-order valence-electron chi connectivity index (χ2n) is 5.00. The maximum absolute atomic E-state index is 12.3. The molecule has 1 aromatic rings. The largest absolute Gasteiger partial charge is 0.409 e. The van der Waals surface area contributed by atoms with Crippen LogP contribution >= 0.6 is 0 Å². The molecule has 20 heavy (non-hydrogen) atoms. The van der Waals surface area contributed by atoms with Crippen molar-refractivity contribution in [1.82, 2.24) is 4.90 Å². The van der Waals surface area contributed by atoms with Crippen molar-refractivity contribution in [1.29, 1.82) is 0 Å². The predicted molar refractivity (Wildman–Crippen MR) is 74.7 cm³/mol.